The normalized spacial score (nSPS) is 19.2. The first-order valence-corrected chi connectivity index (χ1v) is 12.8. The molecule has 0 radical (unpaired) electrons. The van der Waals surface area contributed by atoms with Crippen molar-refractivity contribution in [1.82, 2.24) is 14.2 Å². The van der Waals surface area contributed by atoms with Gasteiger partial charge in [0.15, 0.2) is 0 Å². The van der Waals surface area contributed by atoms with Gasteiger partial charge in [0.2, 0.25) is 15.5 Å². The number of nitrogens with zero attached hydrogens (tertiary/aromatic N) is 2. The smallest absolute Gasteiger partial charge is 0.256 e. The molecular weight excluding hydrogens is 426 g/mol. The van der Waals surface area contributed by atoms with E-state index in [0.717, 1.165) is 25.7 Å². The van der Waals surface area contributed by atoms with Crippen molar-refractivity contribution in [2.24, 2.45) is 5.92 Å². The van der Waals surface area contributed by atoms with Gasteiger partial charge < -0.3 is 9.88 Å². The first kappa shape index (κ1) is 24.2. The number of amides is 1. The van der Waals surface area contributed by atoms with Gasteiger partial charge in [0, 0.05) is 37.3 Å². The Kier molecular flexibility index (Phi) is 7.56. The number of fused-ring (bicyclic) bond motifs is 1. The van der Waals surface area contributed by atoms with E-state index < -0.39 is 21.4 Å². The Hall–Kier alpha value is -2.45. The van der Waals surface area contributed by atoms with Gasteiger partial charge in [-0.2, -0.15) is 4.31 Å². The van der Waals surface area contributed by atoms with E-state index in [1.165, 1.54) is 16.4 Å². The average Bonchev–Trinajstić information content (AvgIpc) is 2.77. The molecule has 174 valence electrons. The molecule has 3 rings (SSSR count). The van der Waals surface area contributed by atoms with Crippen molar-refractivity contribution in [3.05, 3.63) is 52.8 Å². The largest absolute Gasteiger partial charge is 0.349 e. The van der Waals surface area contributed by atoms with Gasteiger partial charge in [0.25, 0.3) is 5.91 Å². The summed E-state index contributed by atoms with van der Waals surface area (Å²) in [5.74, 6) is -0.0557. The quantitative estimate of drug-likeness (QED) is 0.612. The molecule has 0 aliphatic heterocycles. The zero-order valence-electron chi connectivity index (χ0n) is 19.1. The van der Waals surface area contributed by atoms with Gasteiger partial charge in [0.1, 0.15) is 5.56 Å². The van der Waals surface area contributed by atoms with Gasteiger partial charge in [-0.25, -0.2) is 8.42 Å². The molecule has 0 bridgehead atoms. The topological polar surface area (TPSA) is 88.5 Å². The molecule has 1 saturated carbocycles. The molecule has 1 fully saturated rings. The third-order valence-corrected chi connectivity index (χ3v) is 8.44. The third kappa shape index (κ3) is 4.66. The first-order chi connectivity index (χ1) is 15.2. The Morgan fingerprint density at radius 2 is 1.94 bits per heavy atom. The summed E-state index contributed by atoms with van der Waals surface area (Å²) in [5.41, 5.74) is 0.128. The predicted octanol–water partition coefficient (Wildman–Crippen LogP) is 3.53. The number of benzene rings is 1. The van der Waals surface area contributed by atoms with Gasteiger partial charge in [-0.05, 0) is 37.0 Å². The molecule has 1 aromatic carbocycles. The molecule has 0 spiro atoms. The lowest BCUT2D eigenvalue weighted by Crippen LogP contribution is -2.42. The van der Waals surface area contributed by atoms with E-state index in [9.17, 15) is 18.0 Å². The minimum atomic E-state index is -3.73. The molecule has 1 N–H and O–H groups in total. The molecule has 0 saturated heterocycles. The number of pyridine rings is 1. The van der Waals surface area contributed by atoms with E-state index in [0.29, 0.717) is 31.1 Å². The summed E-state index contributed by atoms with van der Waals surface area (Å²) in [5, 5.41) is 3.25. The van der Waals surface area contributed by atoms with Crippen LogP contribution in [0.5, 0.6) is 0 Å². The van der Waals surface area contributed by atoms with Crippen LogP contribution in [0.2, 0.25) is 0 Å². The van der Waals surface area contributed by atoms with E-state index in [1.807, 2.05) is 0 Å². The Morgan fingerprint density at radius 3 is 2.56 bits per heavy atom. The lowest BCUT2D eigenvalue weighted by atomic mass is 9.86. The number of nitrogens with one attached hydrogen (secondary N) is 1. The van der Waals surface area contributed by atoms with E-state index >= 15 is 0 Å². The molecule has 1 heterocycles. The van der Waals surface area contributed by atoms with Crippen LogP contribution in [-0.4, -0.2) is 42.3 Å². The molecule has 0 unspecified atom stereocenters. The van der Waals surface area contributed by atoms with Crippen LogP contribution < -0.4 is 10.7 Å². The average molecular weight is 460 g/mol. The van der Waals surface area contributed by atoms with Gasteiger partial charge in [-0.15, -0.1) is 6.58 Å². The standard InChI is InChI=1S/C24H33N3O4S/c1-5-14-26-16-20(24(29)25-21-11-9-8-10-17(21)4)23(28)19-15-18(12-13-22(19)26)32(30,31)27(6-2)7-3/h5,12-13,15-17,21H,1,6-11,14H2,2-4H3,(H,25,29)/t17-,21-/m0/s1. The fourth-order valence-electron chi connectivity index (χ4n) is 4.48. The van der Waals surface area contributed by atoms with Crippen LogP contribution in [0.1, 0.15) is 56.8 Å². The Bertz CT molecular complexity index is 1170. The summed E-state index contributed by atoms with van der Waals surface area (Å²) < 4.78 is 29.1. The number of hydrogen-bond acceptors (Lipinski definition) is 4. The van der Waals surface area contributed by atoms with E-state index in [-0.39, 0.29) is 21.9 Å². The Balaban J connectivity index is 2.11. The summed E-state index contributed by atoms with van der Waals surface area (Å²) in [4.78, 5) is 26.5. The van der Waals surface area contributed by atoms with E-state index in [1.54, 1.807) is 36.8 Å². The van der Waals surface area contributed by atoms with Crippen molar-refractivity contribution in [3.63, 3.8) is 0 Å². The molecular formula is C24H33N3O4S. The third-order valence-electron chi connectivity index (χ3n) is 6.39. The molecule has 8 heteroatoms. The monoisotopic (exact) mass is 459 g/mol. The van der Waals surface area contributed by atoms with Gasteiger partial charge >= 0.3 is 0 Å². The number of aromatic nitrogens is 1. The summed E-state index contributed by atoms with van der Waals surface area (Å²) in [6.45, 7) is 10.5. The number of allylic oxidation sites excluding steroid dienone is 1. The minimum absolute atomic E-state index is 0.0227. The van der Waals surface area contributed by atoms with Crippen molar-refractivity contribution in [1.29, 1.82) is 0 Å². The zero-order valence-corrected chi connectivity index (χ0v) is 20.0. The highest BCUT2D eigenvalue weighted by Crippen LogP contribution is 2.24. The number of sulfonamides is 1. The van der Waals surface area contributed by atoms with Crippen molar-refractivity contribution >= 4 is 26.8 Å². The zero-order chi connectivity index (χ0) is 23.5. The second kappa shape index (κ2) is 10.0. The van der Waals surface area contributed by atoms with Crippen LogP contribution in [0.15, 0.2) is 46.7 Å². The second-order valence-corrected chi connectivity index (χ2v) is 10.4. The van der Waals surface area contributed by atoms with Crippen LogP contribution in [0.3, 0.4) is 0 Å². The fourth-order valence-corrected chi connectivity index (χ4v) is 5.96. The van der Waals surface area contributed by atoms with Crippen molar-refractivity contribution in [3.8, 4) is 0 Å². The molecule has 2 atom stereocenters. The second-order valence-electron chi connectivity index (χ2n) is 8.42. The summed E-state index contributed by atoms with van der Waals surface area (Å²) >= 11 is 0. The number of hydrogen-bond donors (Lipinski definition) is 1. The Morgan fingerprint density at radius 1 is 1.25 bits per heavy atom. The van der Waals surface area contributed by atoms with Crippen molar-refractivity contribution < 1.29 is 13.2 Å². The fraction of sp³-hybridized carbons (Fsp3) is 0.500. The van der Waals surface area contributed by atoms with Crippen LogP contribution in [0.25, 0.3) is 10.9 Å². The van der Waals surface area contributed by atoms with Gasteiger partial charge in [-0.3, -0.25) is 9.59 Å². The van der Waals surface area contributed by atoms with Crippen molar-refractivity contribution in [2.75, 3.05) is 13.1 Å². The summed E-state index contributed by atoms with van der Waals surface area (Å²) in [7, 11) is -3.73. The predicted molar refractivity (Wildman–Crippen MR) is 127 cm³/mol. The van der Waals surface area contributed by atoms with Crippen LogP contribution >= 0.6 is 0 Å². The molecule has 1 aromatic heterocycles. The minimum Gasteiger partial charge on any atom is -0.349 e. The summed E-state index contributed by atoms with van der Waals surface area (Å²) in [6, 6.07) is 4.57. The lowest BCUT2D eigenvalue weighted by Gasteiger charge is -2.29. The maximum Gasteiger partial charge on any atom is 0.256 e. The van der Waals surface area contributed by atoms with Gasteiger partial charge in [-0.1, -0.05) is 39.7 Å². The maximum absolute atomic E-state index is 13.3. The highest BCUT2D eigenvalue weighted by molar-refractivity contribution is 7.89. The van der Waals surface area contributed by atoms with Gasteiger partial charge in [0.05, 0.1) is 10.4 Å². The van der Waals surface area contributed by atoms with Crippen molar-refractivity contribution in [2.45, 2.75) is 63.9 Å². The van der Waals surface area contributed by atoms with E-state index in [2.05, 4.69) is 18.8 Å². The molecule has 1 amide bonds. The number of carbonyl (C=O) groups is 1. The van der Waals surface area contributed by atoms with E-state index in [4.69, 9.17) is 0 Å². The van der Waals surface area contributed by atoms with Crippen LogP contribution in [0, 0.1) is 5.92 Å². The van der Waals surface area contributed by atoms with Crippen LogP contribution in [0.4, 0.5) is 0 Å². The molecule has 7 nitrogen and oxygen atoms in total. The number of rotatable bonds is 8. The SMILES string of the molecule is C=CCn1cc(C(=O)N[C@H]2CCCC[C@@H]2C)c(=O)c2cc(S(=O)(=O)N(CC)CC)ccc21. The number of carbonyl (C=O) groups excluding carboxylic acids is 1. The molecule has 2 aromatic rings. The maximum atomic E-state index is 13.3. The summed E-state index contributed by atoms with van der Waals surface area (Å²) in [6.07, 6.45) is 7.38. The van der Waals surface area contributed by atoms with Crippen LogP contribution in [-0.2, 0) is 16.6 Å². The molecule has 1 aliphatic carbocycles. The molecule has 1 aliphatic rings. The highest BCUT2D eigenvalue weighted by atomic mass is 32.2. The Labute approximate surface area is 190 Å². The first-order valence-electron chi connectivity index (χ1n) is 11.3. The molecule has 32 heavy (non-hydrogen) atoms. The highest BCUT2D eigenvalue weighted by Gasteiger charge is 2.26. The lowest BCUT2D eigenvalue weighted by molar-refractivity contribution is 0.0908.